The van der Waals surface area contributed by atoms with Gasteiger partial charge in [-0.25, -0.2) is 0 Å². The van der Waals surface area contributed by atoms with Crippen molar-refractivity contribution in [3.05, 3.63) is 70.3 Å². The van der Waals surface area contributed by atoms with Crippen LogP contribution in [0.2, 0.25) is 0 Å². The molecule has 1 fully saturated rings. The molecule has 1 amide bonds. The molecular formula is C23H30N4O3. The minimum Gasteiger partial charge on any atom is -0.369 e. The topological polar surface area (TPSA) is 78.7 Å². The average Bonchev–Trinajstić information content (AvgIpc) is 2.79. The highest BCUT2D eigenvalue weighted by Gasteiger charge is 2.27. The zero-order valence-corrected chi connectivity index (χ0v) is 17.7. The molecule has 1 aliphatic rings. The van der Waals surface area contributed by atoms with Gasteiger partial charge in [-0.3, -0.25) is 19.8 Å². The highest BCUT2D eigenvalue weighted by Crippen LogP contribution is 2.22. The molecule has 3 rings (SSSR count). The zero-order chi connectivity index (χ0) is 21.5. The van der Waals surface area contributed by atoms with Crippen LogP contribution < -0.4 is 10.2 Å². The van der Waals surface area contributed by atoms with Crippen LogP contribution in [0.5, 0.6) is 0 Å². The standard InChI is InChI=1S/C23H30N4O3/c1-3-7-22(19-8-5-4-6-9-19)24-23(28)18(2)25-14-16-26(17-15-25)20-10-12-21(13-11-20)27(29)30/h4-6,8-13,18,22H,3,7,14-17H2,1-2H3,(H,24,28)/t18-,22+/m0/s1. The molecule has 1 heterocycles. The molecule has 2 aromatic carbocycles. The summed E-state index contributed by atoms with van der Waals surface area (Å²) in [6.07, 6.45) is 1.92. The number of non-ortho nitro benzene ring substituents is 1. The lowest BCUT2D eigenvalue weighted by molar-refractivity contribution is -0.384. The molecule has 0 saturated carbocycles. The van der Waals surface area contributed by atoms with Crippen molar-refractivity contribution in [2.45, 2.75) is 38.8 Å². The summed E-state index contributed by atoms with van der Waals surface area (Å²) in [5, 5.41) is 14.1. The second-order valence-corrected chi connectivity index (χ2v) is 7.73. The van der Waals surface area contributed by atoms with E-state index in [2.05, 4.69) is 34.2 Å². The zero-order valence-electron chi connectivity index (χ0n) is 17.7. The van der Waals surface area contributed by atoms with Crippen molar-refractivity contribution in [1.82, 2.24) is 10.2 Å². The van der Waals surface area contributed by atoms with Gasteiger partial charge in [-0.15, -0.1) is 0 Å². The fraction of sp³-hybridized carbons (Fsp3) is 0.435. The first-order chi connectivity index (χ1) is 14.5. The van der Waals surface area contributed by atoms with Crippen LogP contribution in [-0.2, 0) is 4.79 Å². The minimum atomic E-state index is -0.386. The SMILES string of the molecule is CCC[C@@H](NC(=O)[C@H](C)N1CCN(c2ccc([N+](=O)[O-])cc2)CC1)c1ccccc1. The second kappa shape index (κ2) is 10.2. The predicted molar refractivity (Wildman–Crippen MR) is 119 cm³/mol. The molecule has 2 aromatic rings. The van der Waals surface area contributed by atoms with Gasteiger partial charge in [-0.05, 0) is 31.0 Å². The number of carbonyl (C=O) groups excluding carboxylic acids is 1. The van der Waals surface area contributed by atoms with Crippen molar-refractivity contribution >= 4 is 17.3 Å². The Balaban J connectivity index is 1.55. The van der Waals surface area contributed by atoms with Crippen LogP contribution in [-0.4, -0.2) is 48.0 Å². The summed E-state index contributed by atoms with van der Waals surface area (Å²) in [5.74, 6) is 0.0566. The number of nitrogens with one attached hydrogen (secondary N) is 1. The molecule has 2 atom stereocenters. The van der Waals surface area contributed by atoms with Gasteiger partial charge in [-0.1, -0.05) is 43.7 Å². The van der Waals surface area contributed by atoms with Crippen LogP contribution in [0, 0.1) is 10.1 Å². The Labute approximate surface area is 177 Å². The highest BCUT2D eigenvalue weighted by molar-refractivity contribution is 5.81. The number of rotatable bonds is 8. The first-order valence-electron chi connectivity index (χ1n) is 10.6. The molecule has 0 bridgehead atoms. The summed E-state index contributed by atoms with van der Waals surface area (Å²) in [6, 6.07) is 16.6. The van der Waals surface area contributed by atoms with E-state index < -0.39 is 0 Å². The van der Waals surface area contributed by atoms with Gasteiger partial charge in [0.15, 0.2) is 0 Å². The molecule has 0 radical (unpaired) electrons. The van der Waals surface area contributed by atoms with E-state index in [1.165, 1.54) is 12.1 Å². The predicted octanol–water partition coefficient (Wildman–Crippen LogP) is 3.76. The van der Waals surface area contributed by atoms with E-state index in [0.717, 1.165) is 50.3 Å². The van der Waals surface area contributed by atoms with Crippen molar-refractivity contribution in [3.8, 4) is 0 Å². The van der Waals surface area contributed by atoms with Crippen LogP contribution in [0.15, 0.2) is 54.6 Å². The number of hydrogen-bond acceptors (Lipinski definition) is 5. The van der Waals surface area contributed by atoms with Gasteiger partial charge in [0.2, 0.25) is 5.91 Å². The van der Waals surface area contributed by atoms with Crippen LogP contribution in [0.25, 0.3) is 0 Å². The highest BCUT2D eigenvalue weighted by atomic mass is 16.6. The maximum absolute atomic E-state index is 12.9. The molecule has 1 aliphatic heterocycles. The molecular weight excluding hydrogens is 380 g/mol. The third-order valence-electron chi connectivity index (χ3n) is 5.76. The van der Waals surface area contributed by atoms with Crippen LogP contribution in [0.4, 0.5) is 11.4 Å². The first-order valence-corrected chi connectivity index (χ1v) is 10.6. The van der Waals surface area contributed by atoms with Crippen molar-refractivity contribution in [3.63, 3.8) is 0 Å². The van der Waals surface area contributed by atoms with Gasteiger partial charge in [-0.2, -0.15) is 0 Å². The number of carbonyl (C=O) groups is 1. The van der Waals surface area contributed by atoms with Gasteiger partial charge in [0.25, 0.3) is 5.69 Å². The van der Waals surface area contributed by atoms with Gasteiger partial charge in [0.05, 0.1) is 17.0 Å². The molecule has 1 N–H and O–H groups in total. The Hall–Kier alpha value is -2.93. The monoisotopic (exact) mass is 410 g/mol. The van der Waals surface area contributed by atoms with Crippen LogP contribution in [0.1, 0.15) is 38.3 Å². The summed E-state index contributed by atoms with van der Waals surface area (Å²) in [7, 11) is 0. The summed E-state index contributed by atoms with van der Waals surface area (Å²) < 4.78 is 0. The number of anilines is 1. The normalized spacial score (nSPS) is 16.7. The van der Waals surface area contributed by atoms with Crippen LogP contribution in [0.3, 0.4) is 0 Å². The fourth-order valence-electron chi connectivity index (χ4n) is 3.91. The fourth-order valence-corrected chi connectivity index (χ4v) is 3.91. The molecule has 0 aromatic heterocycles. The van der Waals surface area contributed by atoms with Crippen molar-refractivity contribution in [2.24, 2.45) is 0 Å². The molecule has 0 aliphatic carbocycles. The molecule has 7 nitrogen and oxygen atoms in total. The summed E-state index contributed by atoms with van der Waals surface area (Å²) in [6.45, 7) is 7.21. The van der Waals surface area contributed by atoms with Gasteiger partial charge >= 0.3 is 0 Å². The lowest BCUT2D eigenvalue weighted by atomic mass is 10.0. The molecule has 1 saturated heterocycles. The van der Waals surface area contributed by atoms with E-state index in [1.807, 2.05) is 25.1 Å². The lowest BCUT2D eigenvalue weighted by Gasteiger charge is -2.38. The third-order valence-corrected chi connectivity index (χ3v) is 5.76. The number of nitrogens with zero attached hydrogens (tertiary/aromatic N) is 3. The van der Waals surface area contributed by atoms with Gasteiger partial charge < -0.3 is 10.2 Å². The largest absolute Gasteiger partial charge is 0.369 e. The molecule has 30 heavy (non-hydrogen) atoms. The molecule has 7 heteroatoms. The van der Waals surface area contributed by atoms with E-state index >= 15 is 0 Å². The van der Waals surface area contributed by atoms with E-state index in [0.29, 0.717) is 0 Å². The number of benzene rings is 2. The van der Waals surface area contributed by atoms with Crippen LogP contribution >= 0.6 is 0 Å². The summed E-state index contributed by atoms with van der Waals surface area (Å²) >= 11 is 0. The number of hydrogen-bond donors (Lipinski definition) is 1. The van der Waals surface area contributed by atoms with Gasteiger partial charge in [0.1, 0.15) is 0 Å². The molecule has 160 valence electrons. The van der Waals surface area contributed by atoms with Crippen molar-refractivity contribution in [2.75, 3.05) is 31.1 Å². The Kier molecular flexibility index (Phi) is 7.41. The maximum atomic E-state index is 12.9. The number of amides is 1. The average molecular weight is 411 g/mol. The van der Waals surface area contributed by atoms with Crippen molar-refractivity contribution < 1.29 is 9.72 Å². The van der Waals surface area contributed by atoms with Crippen molar-refractivity contribution in [1.29, 1.82) is 0 Å². The third kappa shape index (κ3) is 5.36. The Morgan fingerprint density at radius 2 is 1.70 bits per heavy atom. The molecule has 0 unspecified atom stereocenters. The smallest absolute Gasteiger partial charge is 0.269 e. The summed E-state index contributed by atoms with van der Waals surface area (Å²) in [5.41, 5.74) is 2.22. The van der Waals surface area contributed by atoms with E-state index in [4.69, 9.17) is 0 Å². The Morgan fingerprint density at radius 3 is 2.27 bits per heavy atom. The van der Waals surface area contributed by atoms with Gasteiger partial charge in [0, 0.05) is 44.0 Å². The minimum absolute atomic E-state index is 0.0348. The van der Waals surface area contributed by atoms with E-state index in [9.17, 15) is 14.9 Å². The Bertz CT molecular complexity index is 833. The van der Waals surface area contributed by atoms with E-state index in [1.54, 1.807) is 12.1 Å². The maximum Gasteiger partial charge on any atom is 0.269 e. The first kappa shape index (κ1) is 21.8. The quantitative estimate of drug-likeness (QED) is 0.529. The second-order valence-electron chi connectivity index (χ2n) is 7.73. The number of nitro groups is 1. The number of piperazine rings is 1. The molecule has 0 spiro atoms. The Morgan fingerprint density at radius 1 is 1.07 bits per heavy atom. The van der Waals surface area contributed by atoms with E-state index in [-0.39, 0.29) is 28.6 Å². The number of nitro benzene ring substituents is 1. The lowest BCUT2D eigenvalue weighted by Crippen LogP contribution is -2.54. The summed E-state index contributed by atoms with van der Waals surface area (Å²) in [4.78, 5) is 27.8.